The van der Waals surface area contributed by atoms with Gasteiger partial charge in [-0.2, -0.15) is 4.90 Å². The van der Waals surface area contributed by atoms with E-state index < -0.39 is 41.6 Å². The van der Waals surface area contributed by atoms with Gasteiger partial charge in [0.2, 0.25) is 11.8 Å². The predicted molar refractivity (Wildman–Crippen MR) is 131 cm³/mol. The van der Waals surface area contributed by atoms with Gasteiger partial charge in [-0.05, 0) is 48.8 Å². The number of Topliss-reactive ketones (excluding diaryl/α,β-unsaturated/α-hetero) is 1. The number of imide groups is 3. The van der Waals surface area contributed by atoms with Gasteiger partial charge < -0.3 is 9.84 Å². The lowest BCUT2D eigenvalue weighted by atomic mass is 9.59. The van der Waals surface area contributed by atoms with Crippen LogP contribution >= 0.6 is 0 Å². The summed E-state index contributed by atoms with van der Waals surface area (Å²) < 4.78 is 4.68. The lowest BCUT2D eigenvalue weighted by molar-refractivity contribution is -0.137. The molecule has 1 fully saturated rings. The number of hydrogen-bond donors (Lipinski definition) is 1. The van der Waals surface area contributed by atoms with E-state index in [0.717, 1.165) is 23.6 Å². The average Bonchev–Trinajstić information content (AvgIpc) is 3.16. The number of hydrogen-bond acceptors (Lipinski definition) is 7. The molecule has 4 atom stereocenters. The highest BCUT2D eigenvalue weighted by Crippen LogP contribution is 2.56. The number of methoxy groups -OCH3 is 1. The highest BCUT2D eigenvalue weighted by molar-refractivity contribution is 6.24. The Morgan fingerprint density at radius 1 is 1.00 bits per heavy atom. The number of phenolic OH excluding ortho intramolecular Hbond substituents is 1. The Labute approximate surface area is 211 Å². The van der Waals surface area contributed by atoms with Gasteiger partial charge in [-0.15, -0.1) is 0 Å². The summed E-state index contributed by atoms with van der Waals surface area (Å²) in [5.41, 5.74) is 2.56. The fraction of sp³-hybridized carbons (Fsp3) is 0.276. The van der Waals surface area contributed by atoms with Crippen molar-refractivity contribution in [3.8, 4) is 5.75 Å². The van der Waals surface area contributed by atoms with Crippen molar-refractivity contribution in [2.24, 2.45) is 17.8 Å². The first kappa shape index (κ1) is 23.1. The molecule has 6 rings (SSSR count). The molecule has 1 saturated heterocycles. The minimum atomic E-state index is -1.02. The SMILES string of the molecule is COC(=O)N1C(=O)[C@H]2[C@H](CC=C3[C@H](c4ccc(O)c5ccccc45)C4=C(C[C@H]32)C(=O)C=C(C)C4=O)C1=O. The second-order valence-corrected chi connectivity index (χ2v) is 9.93. The Morgan fingerprint density at radius 2 is 1.73 bits per heavy atom. The van der Waals surface area contributed by atoms with Crippen molar-refractivity contribution in [1.82, 2.24) is 4.90 Å². The average molecular weight is 498 g/mol. The zero-order valence-electron chi connectivity index (χ0n) is 20.2. The molecule has 8 nitrogen and oxygen atoms in total. The maximum Gasteiger partial charge on any atom is 0.423 e. The van der Waals surface area contributed by atoms with Crippen LogP contribution in [0.4, 0.5) is 4.79 Å². The number of ketones is 2. The number of fused-ring (bicyclic) bond motifs is 4. The van der Waals surface area contributed by atoms with E-state index in [9.17, 15) is 29.1 Å². The van der Waals surface area contributed by atoms with Crippen molar-refractivity contribution >= 4 is 40.2 Å². The zero-order chi connectivity index (χ0) is 26.2. The molecule has 3 aliphatic carbocycles. The Balaban J connectivity index is 1.58. The van der Waals surface area contributed by atoms with Crippen LogP contribution in [-0.2, 0) is 23.9 Å². The monoisotopic (exact) mass is 497 g/mol. The van der Waals surface area contributed by atoms with Crippen molar-refractivity contribution in [2.75, 3.05) is 7.11 Å². The molecule has 0 spiro atoms. The topological polar surface area (TPSA) is 118 Å². The van der Waals surface area contributed by atoms with Crippen LogP contribution in [0.1, 0.15) is 31.2 Å². The van der Waals surface area contributed by atoms with E-state index in [0.29, 0.717) is 27.0 Å². The van der Waals surface area contributed by atoms with Gasteiger partial charge in [-0.25, -0.2) is 4.79 Å². The zero-order valence-corrected chi connectivity index (χ0v) is 20.2. The largest absolute Gasteiger partial charge is 0.507 e. The summed E-state index contributed by atoms with van der Waals surface area (Å²) in [5, 5.41) is 11.8. The first-order valence-corrected chi connectivity index (χ1v) is 12.1. The minimum absolute atomic E-state index is 0.0889. The molecule has 0 aromatic heterocycles. The van der Waals surface area contributed by atoms with Crippen molar-refractivity contribution in [1.29, 1.82) is 0 Å². The van der Waals surface area contributed by atoms with E-state index in [1.807, 2.05) is 18.2 Å². The molecule has 1 N–H and O–H groups in total. The molecule has 2 aromatic carbocycles. The van der Waals surface area contributed by atoms with Crippen molar-refractivity contribution in [2.45, 2.75) is 25.7 Å². The summed E-state index contributed by atoms with van der Waals surface area (Å²) >= 11 is 0. The van der Waals surface area contributed by atoms with E-state index in [1.54, 1.807) is 31.2 Å². The number of likely N-dealkylation sites (tertiary alicyclic amines) is 1. The van der Waals surface area contributed by atoms with Crippen LogP contribution < -0.4 is 0 Å². The van der Waals surface area contributed by atoms with Crippen LogP contribution in [-0.4, -0.2) is 46.6 Å². The molecule has 8 heteroatoms. The number of carbonyl (C=O) groups is 5. The number of allylic oxidation sites excluding steroid dienone is 6. The quantitative estimate of drug-likeness (QED) is 0.362. The summed E-state index contributed by atoms with van der Waals surface area (Å²) in [6.07, 6.45) is 2.53. The number of amides is 3. The van der Waals surface area contributed by atoms with Gasteiger partial charge in [-0.3, -0.25) is 19.2 Å². The Bertz CT molecular complexity index is 1560. The van der Waals surface area contributed by atoms with Gasteiger partial charge in [0.25, 0.3) is 0 Å². The molecule has 3 amide bonds. The number of nitrogens with zero attached hydrogens (tertiary/aromatic N) is 1. The second-order valence-electron chi connectivity index (χ2n) is 9.93. The van der Waals surface area contributed by atoms with Crippen LogP contribution in [0.3, 0.4) is 0 Å². The highest BCUT2D eigenvalue weighted by atomic mass is 16.5. The van der Waals surface area contributed by atoms with E-state index in [4.69, 9.17) is 0 Å². The summed E-state index contributed by atoms with van der Waals surface area (Å²) in [4.78, 5) is 66.1. The van der Waals surface area contributed by atoms with Crippen LogP contribution in [0.25, 0.3) is 10.8 Å². The Hall–Kier alpha value is -4.33. The third-order valence-corrected chi connectivity index (χ3v) is 8.17. The fourth-order valence-electron chi connectivity index (χ4n) is 6.55. The second kappa shape index (κ2) is 8.09. The van der Waals surface area contributed by atoms with Gasteiger partial charge in [0.05, 0.1) is 18.9 Å². The van der Waals surface area contributed by atoms with Crippen LogP contribution in [0, 0.1) is 17.8 Å². The lowest BCUT2D eigenvalue weighted by Gasteiger charge is -2.42. The van der Waals surface area contributed by atoms with Crippen molar-refractivity contribution in [3.63, 3.8) is 0 Å². The Kier molecular flexibility index (Phi) is 5.05. The molecule has 1 heterocycles. The molecule has 186 valence electrons. The van der Waals surface area contributed by atoms with Crippen LogP contribution in [0.5, 0.6) is 5.75 Å². The first-order chi connectivity index (χ1) is 17.7. The van der Waals surface area contributed by atoms with Crippen molar-refractivity contribution < 1.29 is 33.8 Å². The summed E-state index contributed by atoms with van der Waals surface area (Å²) in [6, 6.07) is 10.6. The number of phenols is 1. The number of aromatic hydroxyl groups is 1. The predicted octanol–water partition coefficient (Wildman–Crippen LogP) is 3.74. The first-order valence-electron chi connectivity index (χ1n) is 12.1. The van der Waals surface area contributed by atoms with Gasteiger partial charge >= 0.3 is 6.09 Å². The van der Waals surface area contributed by atoms with Gasteiger partial charge in [0, 0.05) is 28.0 Å². The highest BCUT2D eigenvalue weighted by Gasteiger charge is 2.58. The smallest absolute Gasteiger partial charge is 0.423 e. The van der Waals surface area contributed by atoms with Crippen LogP contribution in [0.2, 0.25) is 0 Å². The van der Waals surface area contributed by atoms with Crippen molar-refractivity contribution in [3.05, 3.63) is 76.4 Å². The molecule has 0 radical (unpaired) electrons. The maximum atomic E-state index is 13.5. The molecule has 0 bridgehead atoms. The number of rotatable bonds is 1. The van der Waals surface area contributed by atoms with Crippen LogP contribution in [0.15, 0.2) is 70.8 Å². The van der Waals surface area contributed by atoms with E-state index >= 15 is 0 Å². The van der Waals surface area contributed by atoms with Gasteiger partial charge in [0.1, 0.15) is 5.75 Å². The fourth-order valence-corrected chi connectivity index (χ4v) is 6.55. The number of ether oxygens (including phenoxy) is 1. The molecule has 1 aliphatic heterocycles. The van der Waals surface area contributed by atoms with E-state index in [1.165, 1.54) is 6.08 Å². The molecular formula is C29H23NO7. The maximum absolute atomic E-state index is 13.5. The molecule has 2 aromatic rings. The standard InChI is InChI=1S/C29H23NO7/c1-13-11-22(32)20-12-19-17(7-8-18-24(19)28(35)30(27(18)34)29(36)37-2)23(25(20)26(13)33)16-9-10-21(31)15-6-4-3-5-14(15)16/h3-7,9-11,18-19,23-24,31H,8,12H2,1-2H3/t18-,19+,23-,24-/m0/s1. The molecule has 0 unspecified atom stereocenters. The summed E-state index contributed by atoms with van der Waals surface area (Å²) in [6.45, 7) is 1.61. The van der Waals surface area contributed by atoms with E-state index in [2.05, 4.69) is 4.74 Å². The summed E-state index contributed by atoms with van der Waals surface area (Å²) in [7, 11) is 1.11. The van der Waals surface area contributed by atoms with Gasteiger partial charge in [0.15, 0.2) is 11.6 Å². The molecule has 37 heavy (non-hydrogen) atoms. The molecule has 4 aliphatic rings. The number of benzene rings is 2. The van der Waals surface area contributed by atoms with E-state index in [-0.39, 0.29) is 30.2 Å². The third-order valence-electron chi connectivity index (χ3n) is 8.17. The summed E-state index contributed by atoms with van der Waals surface area (Å²) in [5.74, 6) is -4.47. The molecular weight excluding hydrogens is 474 g/mol. The minimum Gasteiger partial charge on any atom is -0.507 e. The lowest BCUT2D eigenvalue weighted by Crippen LogP contribution is -2.40. The van der Waals surface area contributed by atoms with Gasteiger partial charge in [-0.1, -0.05) is 42.0 Å². The number of carbonyl (C=O) groups excluding carboxylic acids is 5. The molecule has 0 saturated carbocycles. The normalized spacial score (nSPS) is 27.0. The third kappa shape index (κ3) is 3.11. The Morgan fingerprint density at radius 3 is 2.46 bits per heavy atom.